The lowest BCUT2D eigenvalue weighted by molar-refractivity contribution is -0.118. The summed E-state index contributed by atoms with van der Waals surface area (Å²) in [6, 6.07) is 10.5. The summed E-state index contributed by atoms with van der Waals surface area (Å²) < 4.78 is 36.6. The lowest BCUT2D eigenvalue weighted by Gasteiger charge is -2.08. The highest BCUT2D eigenvalue weighted by Gasteiger charge is 2.62. The Bertz CT molecular complexity index is 974. The number of anilines is 1. The van der Waals surface area contributed by atoms with Gasteiger partial charge in [-0.3, -0.25) is 4.79 Å². The number of nitrogens with one attached hydrogen (secondary N) is 1. The Balaban J connectivity index is 1.80. The van der Waals surface area contributed by atoms with E-state index in [1.165, 1.54) is 24.3 Å². The molecule has 3 N–H and O–H groups in total. The summed E-state index contributed by atoms with van der Waals surface area (Å²) >= 11 is 1.98. The molecule has 1 amide bonds. The normalized spacial score (nSPS) is 21.3. The predicted molar refractivity (Wildman–Crippen MR) is 106 cm³/mol. The fraction of sp³-hybridized carbons (Fsp3) is 0.278. The number of hydrogen-bond donors (Lipinski definition) is 2. The third kappa shape index (κ3) is 3.63. The van der Waals surface area contributed by atoms with E-state index in [2.05, 4.69) is 5.32 Å². The van der Waals surface area contributed by atoms with Crippen molar-refractivity contribution in [3.63, 3.8) is 0 Å². The van der Waals surface area contributed by atoms with Crippen LogP contribution in [0.15, 0.2) is 47.4 Å². The second-order valence-corrected chi connectivity index (χ2v) is 9.73. The van der Waals surface area contributed by atoms with Gasteiger partial charge in [-0.25, -0.2) is 17.9 Å². The Morgan fingerprint density at radius 1 is 1.19 bits per heavy atom. The summed E-state index contributed by atoms with van der Waals surface area (Å²) in [6.45, 7) is 3.98. The van der Waals surface area contributed by atoms with Crippen LogP contribution in [0.2, 0.25) is 0 Å². The van der Waals surface area contributed by atoms with Crippen LogP contribution in [0.5, 0.6) is 0 Å². The van der Waals surface area contributed by atoms with Crippen LogP contribution in [0.25, 0.3) is 0 Å². The molecule has 0 bridgehead atoms. The number of halogens is 2. The molecule has 1 aliphatic rings. The van der Waals surface area contributed by atoms with Gasteiger partial charge in [0, 0.05) is 9.49 Å². The highest BCUT2D eigenvalue weighted by molar-refractivity contribution is 14.1. The molecule has 2 aromatic rings. The van der Waals surface area contributed by atoms with Crippen molar-refractivity contribution in [1.29, 1.82) is 0 Å². The average molecular weight is 488 g/mol. The first-order chi connectivity index (χ1) is 12.0. The van der Waals surface area contributed by atoms with Gasteiger partial charge in [-0.2, -0.15) is 0 Å². The highest BCUT2D eigenvalue weighted by atomic mass is 127. The molecule has 1 saturated carbocycles. The Kier molecular flexibility index (Phi) is 4.87. The summed E-state index contributed by atoms with van der Waals surface area (Å²) in [5.41, 5.74) is 1.19. The Hall–Kier alpha value is -1.52. The van der Waals surface area contributed by atoms with E-state index in [0.717, 1.165) is 5.56 Å². The zero-order valence-electron chi connectivity index (χ0n) is 14.2. The van der Waals surface area contributed by atoms with Gasteiger partial charge >= 0.3 is 0 Å². The van der Waals surface area contributed by atoms with Crippen LogP contribution in [0.4, 0.5) is 10.1 Å². The maximum absolute atomic E-state index is 13.2. The van der Waals surface area contributed by atoms with Crippen molar-refractivity contribution in [2.75, 3.05) is 5.32 Å². The molecule has 0 radical (unpaired) electrons. The van der Waals surface area contributed by atoms with Crippen molar-refractivity contribution >= 4 is 44.2 Å². The molecule has 26 heavy (non-hydrogen) atoms. The van der Waals surface area contributed by atoms with E-state index in [-0.39, 0.29) is 33.9 Å². The minimum absolute atomic E-state index is 0.0323. The number of rotatable bonds is 4. The number of sulfonamides is 1. The first kappa shape index (κ1) is 19.2. The molecule has 0 saturated heterocycles. The standard InChI is InChI=1S/C18H18FIN2O3S/c1-18(2)15(10-3-6-12(7-4-10)26(21,24)25)16(18)17(23)22-14-8-5-11(19)9-13(14)20/h3-9,15-16H,1-2H3,(H,22,23)(H2,21,24,25). The summed E-state index contributed by atoms with van der Waals surface area (Å²) in [5.74, 6) is -0.786. The number of benzene rings is 2. The van der Waals surface area contributed by atoms with Crippen molar-refractivity contribution in [3.8, 4) is 0 Å². The van der Waals surface area contributed by atoms with Gasteiger partial charge in [-0.05, 0) is 63.9 Å². The van der Waals surface area contributed by atoms with Crippen molar-refractivity contribution in [3.05, 3.63) is 57.4 Å². The summed E-state index contributed by atoms with van der Waals surface area (Å²) in [5, 5.41) is 7.98. The molecule has 2 unspecified atom stereocenters. The minimum Gasteiger partial charge on any atom is -0.325 e. The second-order valence-electron chi connectivity index (χ2n) is 7.00. The smallest absolute Gasteiger partial charge is 0.238 e. The molecule has 0 heterocycles. The molecule has 0 aliphatic heterocycles. The number of carbonyl (C=O) groups excluding carboxylic acids is 1. The van der Waals surface area contributed by atoms with Gasteiger partial charge in [-0.1, -0.05) is 26.0 Å². The molecule has 3 rings (SSSR count). The molecule has 2 atom stereocenters. The van der Waals surface area contributed by atoms with Gasteiger partial charge in [-0.15, -0.1) is 0 Å². The minimum atomic E-state index is -3.74. The summed E-state index contributed by atoms with van der Waals surface area (Å²) in [4.78, 5) is 12.8. The third-order valence-corrected chi connectivity index (χ3v) is 6.69. The number of nitrogens with two attached hydrogens (primary N) is 1. The molecule has 138 valence electrons. The number of carbonyl (C=O) groups is 1. The van der Waals surface area contributed by atoms with Gasteiger partial charge in [0.1, 0.15) is 5.82 Å². The third-order valence-electron chi connectivity index (χ3n) is 4.87. The maximum Gasteiger partial charge on any atom is 0.238 e. The monoisotopic (exact) mass is 488 g/mol. The van der Waals surface area contributed by atoms with Gasteiger partial charge in [0.25, 0.3) is 0 Å². The molecule has 1 fully saturated rings. The topological polar surface area (TPSA) is 89.3 Å². The van der Waals surface area contributed by atoms with Crippen molar-refractivity contribution in [1.82, 2.24) is 0 Å². The fourth-order valence-corrected chi connectivity index (χ4v) is 4.54. The molecular weight excluding hydrogens is 470 g/mol. The highest BCUT2D eigenvalue weighted by Crippen LogP contribution is 2.64. The van der Waals surface area contributed by atoms with Gasteiger partial charge in [0.2, 0.25) is 15.9 Å². The van der Waals surface area contributed by atoms with Gasteiger partial charge in [0.05, 0.1) is 16.5 Å². The average Bonchev–Trinajstić information content (AvgIpc) is 3.12. The zero-order valence-corrected chi connectivity index (χ0v) is 17.1. The van der Waals surface area contributed by atoms with Crippen LogP contribution in [0.3, 0.4) is 0 Å². The van der Waals surface area contributed by atoms with E-state index >= 15 is 0 Å². The molecular formula is C18H18FIN2O3S. The van der Waals surface area contributed by atoms with E-state index in [1.807, 2.05) is 36.4 Å². The predicted octanol–water partition coefficient (Wildman–Crippen LogP) is 3.46. The molecule has 0 aromatic heterocycles. The van der Waals surface area contributed by atoms with Crippen molar-refractivity contribution < 1.29 is 17.6 Å². The van der Waals surface area contributed by atoms with Crippen LogP contribution >= 0.6 is 22.6 Å². The molecule has 1 aliphatic carbocycles. The van der Waals surface area contributed by atoms with E-state index in [1.54, 1.807) is 18.2 Å². The SMILES string of the molecule is CC1(C)C(C(=O)Nc2ccc(F)cc2I)C1c1ccc(S(N)(=O)=O)cc1. The second kappa shape index (κ2) is 6.58. The Morgan fingerprint density at radius 2 is 1.81 bits per heavy atom. The van der Waals surface area contributed by atoms with Crippen LogP contribution in [-0.4, -0.2) is 14.3 Å². The van der Waals surface area contributed by atoms with Crippen LogP contribution < -0.4 is 10.5 Å². The van der Waals surface area contributed by atoms with E-state index in [0.29, 0.717) is 9.26 Å². The number of amides is 1. The summed E-state index contributed by atoms with van der Waals surface area (Å²) in [7, 11) is -3.74. The lowest BCUT2D eigenvalue weighted by atomic mass is 10.0. The van der Waals surface area contributed by atoms with E-state index in [9.17, 15) is 17.6 Å². The largest absolute Gasteiger partial charge is 0.325 e. The molecule has 0 spiro atoms. The van der Waals surface area contributed by atoms with Crippen LogP contribution in [0.1, 0.15) is 25.3 Å². The van der Waals surface area contributed by atoms with E-state index < -0.39 is 10.0 Å². The molecule has 2 aromatic carbocycles. The van der Waals surface area contributed by atoms with Crippen LogP contribution in [0, 0.1) is 20.7 Å². The first-order valence-corrected chi connectivity index (χ1v) is 10.5. The van der Waals surface area contributed by atoms with Crippen molar-refractivity contribution in [2.45, 2.75) is 24.7 Å². The zero-order chi connectivity index (χ0) is 19.3. The summed E-state index contributed by atoms with van der Waals surface area (Å²) in [6.07, 6.45) is 0. The van der Waals surface area contributed by atoms with E-state index in [4.69, 9.17) is 5.14 Å². The number of primary sulfonamides is 1. The Morgan fingerprint density at radius 3 is 2.35 bits per heavy atom. The number of hydrogen-bond acceptors (Lipinski definition) is 3. The lowest BCUT2D eigenvalue weighted by Crippen LogP contribution is -2.17. The quantitative estimate of drug-likeness (QED) is 0.647. The fourth-order valence-electron chi connectivity index (χ4n) is 3.42. The van der Waals surface area contributed by atoms with Crippen LogP contribution in [-0.2, 0) is 14.8 Å². The van der Waals surface area contributed by atoms with Gasteiger partial charge < -0.3 is 5.32 Å². The first-order valence-electron chi connectivity index (χ1n) is 7.90. The van der Waals surface area contributed by atoms with Crippen molar-refractivity contribution in [2.24, 2.45) is 16.5 Å². The maximum atomic E-state index is 13.2. The van der Waals surface area contributed by atoms with Gasteiger partial charge in [0.15, 0.2) is 0 Å². The molecule has 5 nitrogen and oxygen atoms in total. The Labute approximate surface area is 165 Å². The molecule has 8 heteroatoms.